The quantitative estimate of drug-likeness (QED) is 0.462. The van der Waals surface area contributed by atoms with Gasteiger partial charge in [-0.2, -0.15) is 0 Å². The minimum absolute atomic E-state index is 0.145. The van der Waals surface area contributed by atoms with Crippen LogP contribution in [0.5, 0.6) is 23.0 Å². The van der Waals surface area contributed by atoms with Crippen molar-refractivity contribution in [2.75, 3.05) is 14.2 Å². The molecule has 0 radical (unpaired) electrons. The normalized spacial score (nSPS) is 20.4. The average molecular weight is 388 g/mol. The van der Waals surface area contributed by atoms with Gasteiger partial charge in [0.25, 0.3) is 0 Å². The first-order valence-electron chi connectivity index (χ1n) is 8.50. The van der Waals surface area contributed by atoms with Gasteiger partial charge in [0.2, 0.25) is 0 Å². The number of benzene rings is 2. The molecule has 3 rings (SSSR count). The SMILES string of the molecule is COC(=O)C[C@H]1c2cc(O)c(O)cc2[C@H](c2ccc(O)c(O)c2)[C@H]1C(=O)OC. The highest BCUT2D eigenvalue weighted by Gasteiger charge is 2.47. The number of methoxy groups -OCH3 is 2. The fourth-order valence-corrected chi connectivity index (χ4v) is 3.88. The third-order valence-corrected chi connectivity index (χ3v) is 5.15. The molecule has 0 unspecified atom stereocenters. The topological polar surface area (TPSA) is 134 Å². The van der Waals surface area contributed by atoms with E-state index in [1.807, 2.05) is 0 Å². The number of carbonyl (C=O) groups is 2. The fourth-order valence-electron chi connectivity index (χ4n) is 3.88. The summed E-state index contributed by atoms with van der Waals surface area (Å²) in [5.41, 5.74) is 1.47. The lowest BCUT2D eigenvalue weighted by Gasteiger charge is -2.23. The number of esters is 2. The van der Waals surface area contributed by atoms with Crippen molar-refractivity contribution in [2.24, 2.45) is 5.92 Å². The Morgan fingerprint density at radius 2 is 1.46 bits per heavy atom. The Bertz CT molecular complexity index is 936. The van der Waals surface area contributed by atoms with Crippen LogP contribution in [0.4, 0.5) is 0 Å². The van der Waals surface area contributed by atoms with Crippen LogP contribution in [0.3, 0.4) is 0 Å². The summed E-state index contributed by atoms with van der Waals surface area (Å²) in [5, 5.41) is 39.5. The zero-order chi connectivity index (χ0) is 20.6. The summed E-state index contributed by atoms with van der Waals surface area (Å²) >= 11 is 0. The lowest BCUT2D eigenvalue weighted by Crippen LogP contribution is -2.26. The second-order valence-corrected chi connectivity index (χ2v) is 6.63. The van der Waals surface area contributed by atoms with Crippen molar-refractivity contribution >= 4 is 11.9 Å². The van der Waals surface area contributed by atoms with E-state index in [0.717, 1.165) is 0 Å². The monoisotopic (exact) mass is 388 g/mol. The molecule has 148 valence electrons. The van der Waals surface area contributed by atoms with Crippen LogP contribution in [0, 0.1) is 5.92 Å². The molecule has 4 N–H and O–H groups in total. The minimum Gasteiger partial charge on any atom is -0.504 e. The largest absolute Gasteiger partial charge is 0.504 e. The van der Waals surface area contributed by atoms with Crippen LogP contribution >= 0.6 is 0 Å². The molecule has 2 aromatic carbocycles. The summed E-state index contributed by atoms with van der Waals surface area (Å²) in [7, 11) is 2.45. The first-order chi connectivity index (χ1) is 13.3. The van der Waals surface area contributed by atoms with E-state index in [2.05, 4.69) is 0 Å². The van der Waals surface area contributed by atoms with Crippen LogP contribution in [0.15, 0.2) is 30.3 Å². The summed E-state index contributed by atoms with van der Waals surface area (Å²) in [6.45, 7) is 0. The van der Waals surface area contributed by atoms with Gasteiger partial charge in [-0.15, -0.1) is 0 Å². The third-order valence-electron chi connectivity index (χ3n) is 5.15. The van der Waals surface area contributed by atoms with Gasteiger partial charge >= 0.3 is 11.9 Å². The van der Waals surface area contributed by atoms with E-state index < -0.39 is 29.7 Å². The molecule has 0 amide bonds. The van der Waals surface area contributed by atoms with E-state index >= 15 is 0 Å². The summed E-state index contributed by atoms with van der Waals surface area (Å²) in [6.07, 6.45) is -0.145. The summed E-state index contributed by atoms with van der Waals surface area (Å²) in [4.78, 5) is 24.6. The predicted molar refractivity (Wildman–Crippen MR) is 96.3 cm³/mol. The van der Waals surface area contributed by atoms with Crippen molar-refractivity contribution in [3.63, 3.8) is 0 Å². The molecule has 0 saturated heterocycles. The van der Waals surface area contributed by atoms with Gasteiger partial charge < -0.3 is 29.9 Å². The van der Waals surface area contributed by atoms with Gasteiger partial charge in [-0.25, -0.2) is 0 Å². The number of ether oxygens (including phenoxy) is 2. The minimum atomic E-state index is -0.871. The van der Waals surface area contributed by atoms with E-state index in [9.17, 15) is 30.0 Å². The van der Waals surface area contributed by atoms with Crippen molar-refractivity contribution in [1.29, 1.82) is 0 Å². The molecule has 0 bridgehead atoms. The molecule has 28 heavy (non-hydrogen) atoms. The van der Waals surface area contributed by atoms with Gasteiger partial charge in [0, 0.05) is 11.8 Å². The molecule has 1 aliphatic rings. The highest BCUT2D eigenvalue weighted by atomic mass is 16.5. The number of aromatic hydroxyl groups is 4. The number of hydrogen-bond donors (Lipinski definition) is 4. The molecule has 0 fully saturated rings. The molecule has 8 nitrogen and oxygen atoms in total. The van der Waals surface area contributed by atoms with Crippen LogP contribution in [0.2, 0.25) is 0 Å². The van der Waals surface area contributed by atoms with Crippen molar-refractivity contribution in [3.8, 4) is 23.0 Å². The van der Waals surface area contributed by atoms with Crippen molar-refractivity contribution < 1.29 is 39.5 Å². The Morgan fingerprint density at radius 1 is 0.857 bits per heavy atom. The molecule has 0 aromatic heterocycles. The van der Waals surface area contributed by atoms with E-state index in [-0.39, 0.29) is 29.4 Å². The highest BCUT2D eigenvalue weighted by Crippen LogP contribution is 2.54. The van der Waals surface area contributed by atoms with Gasteiger partial charge in [0.15, 0.2) is 23.0 Å². The first kappa shape index (κ1) is 19.3. The molecule has 1 aliphatic carbocycles. The number of phenols is 4. The van der Waals surface area contributed by atoms with Crippen molar-refractivity contribution in [1.82, 2.24) is 0 Å². The smallest absolute Gasteiger partial charge is 0.310 e. The molecule has 8 heteroatoms. The molecule has 0 spiro atoms. The fraction of sp³-hybridized carbons (Fsp3) is 0.300. The van der Waals surface area contributed by atoms with E-state index in [0.29, 0.717) is 16.7 Å². The summed E-state index contributed by atoms with van der Waals surface area (Å²) < 4.78 is 9.69. The molecule has 0 heterocycles. The number of carbonyl (C=O) groups excluding carboxylic acids is 2. The Hall–Kier alpha value is -3.42. The van der Waals surface area contributed by atoms with Crippen LogP contribution in [0.25, 0.3) is 0 Å². The van der Waals surface area contributed by atoms with Gasteiger partial charge in [-0.05, 0) is 41.0 Å². The molecule has 2 aromatic rings. The van der Waals surface area contributed by atoms with Gasteiger partial charge in [0.1, 0.15) is 0 Å². The van der Waals surface area contributed by atoms with E-state index in [1.165, 1.54) is 44.6 Å². The maximum Gasteiger partial charge on any atom is 0.310 e. The van der Waals surface area contributed by atoms with Crippen LogP contribution in [-0.4, -0.2) is 46.6 Å². The van der Waals surface area contributed by atoms with E-state index in [1.54, 1.807) is 0 Å². The summed E-state index contributed by atoms with van der Waals surface area (Å²) in [6, 6.07) is 6.77. The Morgan fingerprint density at radius 3 is 2.04 bits per heavy atom. The van der Waals surface area contributed by atoms with Crippen molar-refractivity contribution in [3.05, 3.63) is 47.0 Å². The third kappa shape index (κ3) is 3.17. The maximum atomic E-state index is 12.7. The standard InChI is InChI=1S/C20H20O8/c1-27-17(25)8-12-10-6-15(23)16(24)7-11(10)18(19(12)20(26)28-2)9-3-4-13(21)14(22)5-9/h3-7,12,18-19,21-24H,8H2,1-2H3/t12-,18-,19-/m0/s1. The van der Waals surface area contributed by atoms with Crippen LogP contribution in [0.1, 0.15) is 34.9 Å². The second kappa shape index (κ2) is 7.30. The van der Waals surface area contributed by atoms with Crippen molar-refractivity contribution in [2.45, 2.75) is 18.3 Å². The molecule has 0 aliphatic heterocycles. The van der Waals surface area contributed by atoms with Gasteiger partial charge in [-0.3, -0.25) is 9.59 Å². The molecular formula is C20H20O8. The highest BCUT2D eigenvalue weighted by molar-refractivity contribution is 5.81. The van der Waals surface area contributed by atoms with Gasteiger partial charge in [0.05, 0.1) is 26.6 Å². The second-order valence-electron chi connectivity index (χ2n) is 6.63. The number of hydrogen-bond acceptors (Lipinski definition) is 8. The summed E-state index contributed by atoms with van der Waals surface area (Å²) in [5.74, 6) is -4.84. The lowest BCUT2D eigenvalue weighted by atomic mass is 9.81. The maximum absolute atomic E-state index is 12.7. The lowest BCUT2D eigenvalue weighted by molar-refractivity contribution is -0.147. The molecule has 0 saturated carbocycles. The van der Waals surface area contributed by atoms with Gasteiger partial charge in [-0.1, -0.05) is 6.07 Å². The predicted octanol–water partition coefficient (Wildman–Crippen LogP) is 2.09. The first-order valence-corrected chi connectivity index (χ1v) is 8.50. The number of phenolic OH excluding ortho intramolecular Hbond substituents is 4. The molecular weight excluding hydrogens is 368 g/mol. The number of fused-ring (bicyclic) bond motifs is 1. The zero-order valence-electron chi connectivity index (χ0n) is 15.2. The zero-order valence-corrected chi connectivity index (χ0v) is 15.2. The van der Waals surface area contributed by atoms with Crippen LogP contribution < -0.4 is 0 Å². The average Bonchev–Trinajstić information content (AvgIpc) is 2.96. The van der Waals surface area contributed by atoms with E-state index in [4.69, 9.17) is 9.47 Å². The number of rotatable bonds is 4. The van der Waals surface area contributed by atoms with Crippen LogP contribution in [-0.2, 0) is 19.1 Å². The molecule has 3 atom stereocenters. The Labute approximate surface area is 160 Å². The Balaban J connectivity index is 2.23. The Kier molecular flexibility index (Phi) is 5.04.